The maximum atomic E-state index is 12.7. The zero-order valence-electron chi connectivity index (χ0n) is 12.8. The number of rotatable bonds is 4. The van der Waals surface area contributed by atoms with Crippen molar-refractivity contribution >= 4 is 17.2 Å². The molecule has 0 saturated carbocycles. The van der Waals surface area contributed by atoms with Gasteiger partial charge < -0.3 is 10.0 Å². The second-order valence-corrected chi connectivity index (χ2v) is 6.54. The first-order chi connectivity index (χ1) is 10.2. The van der Waals surface area contributed by atoms with Crippen molar-refractivity contribution in [2.75, 3.05) is 19.7 Å². The number of likely N-dealkylation sites (tertiary alicyclic amines) is 1. The fraction of sp³-hybridized carbons (Fsp3) is 0.588. The second-order valence-electron chi connectivity index (χ2n) is 5.62. The molecule has 4 heteroatoms. The minimum absolute atomic E-state index is 0.0576. The summed E-state index contributed by atoms with van der Waals surface area (Å²) >= 11 is 1.46. The molecule has 0 aromatic carbocycles. The Labute approximate surface area is 131 Å². The zero-order valence-corrected chi connectivity index (χ0v) is 13.6. The number of carbonyl (C=O) groups is 1. The molecule has 1 aromatic heterocycles. The van der Waals surface area contributed by atoms with E-state index in [1.54, 1.807) is 0 Å². The zero-order chi connectivity index (χ0) is 15.3. The van der Waals surface area contributed by atoms with Gasteiger partial charge >= 0.3 is 0 Å². The Morgan fingerprint density at radius 2 is 2.24 bits per heavy atom. The molecule has 1 aromatic rings. The summed E-state index contributed by atoms with van der Waals surface area (Å²) < 4.78 is 0. The van der Waals surface area contributed by atoms with E-state index in [1.807, 2.05) is 16.3 Å². The Kier molecular flexibility index (Phi) is 5.44. The van der Waals surface area contributed by atoms with Crippen molar-refractivity contribution in [2.24, 2.45) is 5.41 Å². The number of aliphatic hydroxyl groups is 1. The van der Waals surface area contributed by atoms with E-state index < -0.39 is 0 Å². The van der Waals surface area contributed by atoms with E-state index in [9.17, 15) is 4.79 Å². The summed E-state index contributed by atoms with van der Waals surface area (Å²) in [7, 11) is 0. The SMILES string of the molecule is CCC1(CC)CCN(C(=O)c2sccc2C#CCCO)C1. The van der Waals surface area contributed by atoms with E-state index in [0.29, 0.717) is 11.8 Å². The highest BCUT2D eigenvalue weighted by Crippen LogP contribution is 2.38. The summed E-state index contributed by atoms with van der Waals surface area (Å²) in [5.74, 6) is 6.01. The van der Waals surface area contributed by atoms with Gasteiger partial charge in [-0.1, -0.05) is 25.7 Å². The monoisotopic (exact) mass is 305 g/mol. The van der Waals surface area contributed by atoms with Crippen LogP contribution in [0.2, 0.25) is 0 Å². The molecular formula is C17H23NO2S. The number of hydrogen-bond acceptors (Lipinski definition) is 3. The molecule has 1 N–H and O–H groups in total. The fourth-order valence-electron chi connectivity index (χ4n) is 2.87. The minimum Gasteiger partial charge on any atom is -0.395 e. The maximum Gasteiger partial charge on any atom is 0.265 e. The Morgan fingerprint density at radius 3 is 2.86 bits per heavy atom. The molecule has 1 amide bonds. The molecule has 1 aliphatic heterocycles. The Hall–Kier alpha value is -1.31. The third kappa shape index (κ3) is 3.48. The van der Waals surface area contributed by atoms with Gasteiger partial charge in [-0.2, -0.15) is 0 Å². The van der Waals surface area contributed by atoms with Crippen LogP contribution in [0.1, 0.15) is 54.8 Å². The van der Waals surface area contributed by atoms with Crippen LogP contribution in [0, 0.1) is 17.3 Å². The molecule has 1 fully saturated rings. The van der Waals surface area contributed by atoms with Crippen LogP contribution in [0.15, 0.2) is 11.4 Å². The summed E-state index contributed by atoms with van der Waals surface area (Å²) in [6, 6.07) is 1.89. The number of thiophene rings is 1. The Balaban J connectivity index is 2.12. The lowest BCUT2D eigenvalue weighted by Gasteiger charge is -2.26. The number of nitrogens with zero attached hydrogens (tertiary/aromatic N) is 1. The molecule has 0 spiro atoms. The highest BCUT2D eigenvalue weighted by atomic mass is 32.1. The van der Waals surface area contributed by atoms with E-state index >= 15 is 0 Å². The quantitative estimate of drug-likeness (QED) is 0.868. The Bertz CT molecular complexity index is 549. The lowest BCUT2D eigenvalue weighted by Crippen LogP contribution is -2.31. The highest BCUT2D eigenvalue weighted by Gasteiger charge is 2.37. The van der Waals surface area contributed by atoms with E-state index in [2.05, 4.69) is 25.7 Å². The number of amides is 1. The smallest absolute Gasteiger partial charge is 0.265 e. The van der Waals surface area contributed by atoms with Crippen molar-refractivity contribution in [2.45, 2.75) is 39.5 Å². The van der Waals surface area contributed by atoms with Gasteiger partial charge in [-0.25, -0.2) is 0 Å². The molecule has 114 valence electrons. The molecule has 1 saturated heterocycles. The van der Waals surface area contributed by atoms with Gasteiger partial charge in [-0.3, -0.25) is 4.79 Å². The fourth-order valence-corrected chi connectivity index (χ4v) is 3.68. The maximum absolute atomic E-state index is 12.7. The molecule has 2 rings (SSSR count). The first kappa shape index (κ1) is 16.1. The van der Waals surface area contributed by atoms with Gasteiger partial charge in [0, 0.05) is 25.1 Å². The standard InChI is InChI=1S/C17H23NO2S/c1-3-17(4-2)9-10-18(13-17)16(20)15-14(8-12-21-15)7-5-6-11-19/h8,12,19H,3-4,6,9-11,13H2,1-2H3. The normalized spacial score (nSPS) is 16.6. The van der Waals surface area contributed by atoms with Crippen LogP contribution < -0.4 is 0 Å². The lowest BCUT2D eigenvalue weighted by atomic mass is 9.82. The predicted molar refractivity (Wildman–Crippen MR) is 86.4 cm³/mol. The van der Waals surface area contributed by atoms with Gasteiger partial charge in [0.05, 0.1) is 6.61 Å². The Morgan fingerprint density at radius 1 is 1.48 bits per heavy atom. The number of hydrogen-bond donors (Lipinski definition) is 1. The highest BCUT2D eigenvalue weighted by molar-refractivity contribution is 7.12. The first-order valence-electron chi connectivity index (χ1n) is 7.62. The average molecular weight is 305 g/mol. The van der Waals surface area contributed by atoms with Crippen molar-refractivity contribution in [3.05, 3.63) is 21.9 Å². The van der Waals surface area contributed by atoms with E-state index in [4.69, 9.17) is 5.11 Å². The van der Waals surface area contributed by atoms with E-state index in [1.165, 1.54) is 11.3 Å². The minimum atomic E-state index is 0.0576. The molecule has 0 unspecified atom stereocenters. The second kappa shape index (κ2) is 7.11. The molecule has 3 nitrogen and oxygen atoms in total. The van der Waals surface area contributed by atoms with Crippen LogP contribution in [0.5, 0.6) is 0 Å². The molecule has 0 aliphatic carbocycles. The van der Waals surface area contributed by atoms with Gasteiger partial charge in [0.2, 0.25) is 0 Å². The summed E-state index contributed by atoms with van der Waals surface area (Å²) in [5.41, 5.74) is 1.10. The van der Waals surface area contributed by atoms with Crippen molar-refractivity contribution in [1.29, 1.82) is 0 Å². The molecule has 21 heavy (non-hydrogen) atoms. The van der Waals surface area contributed by atoms with Gasteiger partial charge in [-0.05, 0) is 36.1 Å². The molecule has 0 radical (unpaired) electrons. The van der Waals surface area contributed by atoms with Gasteiger partial charge in [-0.15, -0.1) is 11.3 Å². The van der Waals surface area contributed by atoms with Gasteiger partial charge in [0.1, 0.15) is 4.88 Å². The van der Waals surface area contributed by atoms with Crippen LogP contribution in [-0.4, -0.2) is 35.6 Å². The van der Waals surface area contributed by atoms with E-state index in [-0.39, 0.29) is 12.5 Å². The third-order valence-electron chi connectivity index (χ3n) is 4.54. The first-order valence-corrected chi connectivity index (χ1v) is 8.50. The van der Waals surface area contributed by atoms with Crippen LogP contribution in [0.4, 0.5) is 0 Å². The summed E-state index contributed by atoms with van der Waals surface area (Å²) in [5, 5.41) is 10.7. The number of carbonyl (C=O) groups excluding carboxylic acids is 1. The summed E-state index contributed by atoms with van der Waals surface area (Å²) in [4.78, 5) is 15.4. The summed E-state index contributed by atoms with van der Waals surface area (Å²) in [6.07, 6.45) is 3.80. The van der Waals surface area contributed by atoms with Crippen molar-refractivity contribution < 1.29 is 9.90 Å². The largest absolute Gasteiger partial charge is 0.395 e. The number of aliphatic hydroxyl groups excluding tert-OH is 1. The average Bonchev–Trinajstić information content (AvgIpc) is 3.14. The summed E-state index contributed by atoms with van der Waals surface area (Å²) in [6.45, 7) is 6.20. The topological polar surface area (TPSA) is 40.5 Å². The van der Waals surface area contributed by atoms with Crippen LogP contribution >= 0.6 is 11.3 Å². The van der Waals surface area contributed by atoms with Crippen LogP contribution in [0.3, 0.4) is 0 Å². The van der Waals surface area contributed by atoms with Crippen molar-refractivity contribution in [1.82, 2.24) is 4.90 Å². The molecule has 0 atom stereocenters. The third-order valence-corrected chi connectivity index (χ3v) is 5.45. The van der Waals surface area contributed by atoms with Gasteiger partial charge in [0.15, 0.2) is 0 Å². The van der Waals surface area contributed by atoms with Crippen LogP contribution in [-0.2, 0) is 0 Å². The molecule has 1 aliphatic rings. The van der Waals surface area contributed by atoms with Gasteiger partial charge in [0.25, 0.3) is 5.91 Å². The predicted octanol–water partition coefficient (Wildman–Crippen LogP) is 3.13. The molecular weight excluding hydrogens is 282 g/mol. The van der Waals surface area contributed by atoms with Crippen molar-refractivity contribution in [3.8, 4) is 11.8 Å². The van der Waals surface area contributed by atoms with Crippen LogP contribution in [0.25, 0.3) is 0 Å². The molecule has 0 bridgehead atoms. The molecule has 2 heterocycles. The lowest BCUT2D eigenvalue weighted by molar-refractivity contribution is 0.0774. The van der Waals surface area contributed by atoms with E-state index in [0.717, 1.165) is 42.8 Å². The van der Waals surface area contributed by atoms with Crippen molar-refractivity contribution in [3.63, 3.8) is 0 Å².